The minimum Gasteiger partial charge on any atom is -0.375 e. The van der Waals surface area contributed by atoms with E-state index in [4.69, 9.17) is 10.5 Å². The van der Waals surface area contributed by atoms with Crippen molar-refractivity contribution < 1.29 is 9.13 Å². The standard InChI is InChI=1S/C13H20FNO/c1-10(2)7-13(15)9-16-8-11-3-5-12(14)6-4-11/h3-6,10,13H,7-9,15H2,1-2H3/t13-/m0/s1. The second-order valence-electron chi connectivity index (χ2n) is 4.53. The van der Waals surface area contributed by atoms with E-state index in [1.165, 1.54) is 12.1 Å². The molecule has 0 saturated carbocycles. The lowest BCUT2D eigenvalue weighted by Gasteiger charge is -2.14. The molecule has 0 spiro atoms. The van der Waals surface area contributed by atoms with Crippen LogP contribution in [0.15, 0.2) is 24.3 Å². The predicted octanol–water partition coefficient (Wildman–Crippen LogP) is 2.72. The fourth-order valence-corrected chi connectivity index (χ4v) is 1.58. The summed E-state index contributed by atoms with van der Waals surface area (Å²) in [6.07, 6.45) is 0.962. The number of nitrogens with two attached hydrogens (primary N) is 1. The van der Waals surface area contributed by atoms with Crippen molar-refractivity contribution in [2.75, 3.05) is 6.61 Å². The SMILES string of the molecule is CC(C)C[C@H](N)COCc1ccc(F)cc1. The van der Waals surface area contributed by atoms with Crippen LogP contribution in [0.4, 0.5) is 4.39 Å². The minimum atomic E-state index is -0.222. The molecule has 1 aromatic rings. The lowest BCUT2D eigenvalue weighted by molar-refractivity contribution is 0.103. The van der Waals surface area contributed by atoms with Gasteiger partial charge in [-0.25, -0.2) is 4.39 Å². The van der Waals surface area contributed by atoms with Gasteiger partial charge in [-0.3, -0.25) is 0 Å². The molecule has 1 rings (SSSR count). The molecule has 0 amide bonds. The monoisotopic (exact) mass is 225 g/mol. The lowest BCUT2D eigenvalue weighted by Crippen LogP contribution is -2.27. The third-order valence-electron chi connectivity index (χ3n) is 2.29. The summed E-state index contributed by atoms with van der Waals surface area (Å²) in [6, 6.07) is 6.41. The highest BCUT2D eigenvalue weighted by Crippen LogP contribution is 2.06. The average Bonchev–Trinajstić information content (AvgIpc) is 2.20. The van der Waals surface area contributed by atoms with Gasteiger partial charge in [0.1, 0.15) is 5.82 Å². The number of ether oxygens (including phenoxy) is 1. The summed E-state index contributed by atoms with van der Waals surface area (Å²) >= 11 is 0. The van der Waals surface area contributed by atoms with Crippen LogP contribution in [0.5, 0.6) is 0 Å². The molecule has 1 aromatic carbocycles. The van der Waals surface area contributed by atoms with Gasteiger partial charge in [0.25, 0.3) is 0 Å². The van der Waals surface area contributed by atoms with Gasteiger partial charge >= 0.3 is 0 Å². The second-order valence-corrected chi connectivity index (χ2v) is 4.53. The maximum absolute atomic E-state index is 12.6. The number of hydrogen-bond acceptors (Lipinski definition) is 2. The molecule has 0 fully saturated rings. The third kappa shape index (κ3) is 5.24. The van der Waals surface area contributed by atoms with Gasteiger partial charge < -0.3 is 10.5 Å². The molecule has 0 aliphatic carbocycles. The molecule has 0 saturated heterocycles. The number of rotatable bonds is 6. The molecule has 0 heterocycles. The van der Waals surface area contributed by atoms with Crippen LogP contribution in [0.25, 0.3) is 0 Å². The van der Waals surface area contributed by atoms with Crippen LogP contribution in [-0.2, 0) is 11.3 Å². The van der Waals surface area contributed by atoms with Crippen LogP contribution in [0.2, 0.25) is 0 Å². The Bertz CT molecular complexity index is 297. The van der Waals surface area contributed by atoms with E-state index >= 15 is 0 Å². The molecule has 0 unspecified atom stereocenters. The zero-order chi connectivity index (χ0) is 12.0. The fourth-order valence-electron chi connectivity index (χ4n) is 1.58. The van der Waals surface area contributed by atoms with Crippen LogP contribution in [0.1, 0.15) is 25.8 Å². The highest BCUT2D eigenvalue weighted by Gasteiger charge is 2.05. The van der Waals surface area contributed by atoms with E-state index in [1.54, 1.807) is 12.1 Å². The maximum atomic E-state index is 12.6. The van der Waals surface area contributed by atoms with Crippen molar-refractivity contribution in [3.8, 4) is 0 Å². The summed E-state index contributed by atoms with van der Waals surface area (Å²) in [5, 5.41) is 0. The summed E-state index contributed by atoms with van der Waals surface area (Å²) in [5.74, 6) is 0.365. The predicted molar refractivity (Wildman–Crippen MR) is 63.5 cm³/mol. The number of halogens is 1. The molecule has 3 heteroatoms. The van der Waals surface area contributed by atoms with E-state index in [1.807, 2.05) is 0 Å². The molecule has 2 N–H and O–H groups in total. The molecule has 0 bridgehead atoms. The molecular weight excluding hydrogens is 205 g/mol. The Morgan fingerprint density at radius 3 is 2.44 bits per heavy atom. The van der Waals surface area contributed by atoms with Crippen LogP contribution >= 0.6 is 0 Å². The Kier molecular flexibility index (Phi) is 5.43. The normalized spacial score (nSPS) is 13.1. The molecular formula is C13H20FNO. The molecule has 0 aromatic heterocycles. The molecule has 0 aliphatic rings. The zero-order valence-corrected chi connectivity index (χ0v) is 9.95. The first-order chi connectivity index (χ1) is 7.58. The van der Waals surface area contributed by atoms with Crippen LogP contribution in [0.3, 0.4) is 0 Å². The largest absolute Gasteiger partial charge is 0.375 e. The van der Waals surface area contributed by atoms with Gasteiger partial charge in [0.05, 0.1) is 13.2 Å². The van der Waals surface area contributed by atoms with Gasteiger partial charge in [0.15, 0.2) is 0 Å². The average molecular weight is 225 g/mol. The lowest BCUT2D eigenvalue weighted by atomic mass is 10.1. The summed E-state index contributed by atoms with van der Waals surface area (Å²) in [7, 11) is 0. The quantitative estimate of drug-likeness (QED) is 0.808. The van der Waals surface area contributed by atoms with Crippen LogP contribution < -0.4 is 5.73 Å². The van der Waals surface area contributed by atoms with Crippen LogP contribution in [-0.4, -0.2) is 12.6 Å². The van der Waals surface area contributed by atoms with E-state index in [0.29, 0.717) is 19.1 Å². The Labute approximate surface area is 96.6 Å². The minimum absolute atomic E-state index is 0.0837. The first-order valence-corrected chi connectivity index (χ1v) is 5.65. The highest BCUT2D eigenvalue weighted by atomic mass is 19.1. The molecule has 0 radical (unpaired) electrons. The fraction of sp³-hybridized carbons (Fsp3) is 0.538. The van der Waals surface area contributed by atoms with Gasteiger partial charge in [-0.1, -0.05) is 26.0 Å². The first-order valence-electron chi connectivity index (χ1n) is 5.65. The van der Waals surface area contributed by atoms with E-state index in [0.717, 1.165) is 12.0 Å². The van der Waals surface area contributed by atoms with Gasteiger partial charge in [-0.2, -0.15) is 0 Å². The highest BCUT2D eigenvalue weighted by molar-refractivity contribution is 5.14. The van der Waals surface area contributed by atoms with Crippen molar-refractivity contribution in [3.63, 3.8) is 0 Å². The topological polar surface area (TPSA) is 35.2 Å². The van der Waals surface area contributed by atoms with E-state index in [2.05, 4.69) is 13.8 Å². The third-order valence-corrected chi connectivity index (χ3v) is 2.29. The van der Waals surface area contributed by atoms with E-state index in [9.17, 15) is 4.39 Å². The van der Waals surface area contributed by atoms with Crippen molar-refractivity contribution in [3.05, 3.63) is 35.6 Å². The van der Waals surface area contributed by atoms with Crippen molar-refractivity contribution in [1.82, 2.24) is 0 Å². The molecule has 90 valence electrons. The second kappa shape index (κ2) is 6.61. The summed E-state index contributed by atoms with van der Waals surface area (Å²) in [6.45, 7) is 5.32. The number of hydrogen-bond donors (Lipinski definition) is 1. The smallest absolute Gasteiger partial charge is 0.123 e. The summed E-state index contributed by atoms with van der Waals surface area (Å²) in [5.41, 5.74) is 6.85. The van der Waals surface area contributed by atoms with Gasteiger partial charge in [-0.05, 0) is 30.0 Å². The van der Waals surface area contributed by atoms with Crippen molar-refractivity contribution in [2.45, 2.75) is 32.9 Å². The molecule has 1 atom stereocenters. The molecule has 0 aliphatic heterocycles. The van der Waals surface area contributed by atoms with Crippen LogP contribution in [0, 0.1) is 11.7 Å². The van der Waals surface area contributed by atoms with Crippen molar-refractivity contribution in [1.29, 1.82) is 0 Å². The number of benzene rings is 1. The maximum Gasteiger partial charge on any atom is 0.123 e. The van der Waals surface area contributed by atoms with E-state index < -0.39 is 0 Å². The van der Waals surface area contributed by atoms with Crippen molar-refractivity contribution >= 4 is 0 Å². The molecule has 2 nitrogen and oxygen atoms in total. The van der Waals surface area contributed by atoms with Crippen molar-refractivity contribution in [2.24, 2.45) is 11.7 Å². The van der Waals surface area contributed by atoms with Gasteiger partial charge in [0.2, 0.25) is 0 Å². The first kappa shape index (κ1) is 13.1. The Balaban J connectivity index is 2.22. The molecule has 16 heavy (non-hydrogen) atoms. The van der Waals surface area contributed by atoms with E-state index in [-0.39, 0.29) is 11.9 Å². The Hall–Kier alpha value is -0.930. The Morgan fingerprint density at radius 2 is 1.88 bits per heavy atom. The Morgan fingerprint density at radius 1 is 1.25 bits per heavy atom. The van der Waals surface area contributed by atoms with Gasteiger partial charge in [-0.15, -0.1) is 0 Å². The summed E-state index contributed by atoms with van der Waals surface area (Å²) < 4.78 is 18.1. The summed E-state index contributed by atoms with van der Waals surface area (Å²) in [4.78, 5) is 0. The zero-order valence-electron chi connectivity index (χ0n) is 9.95. The van der Waals surface area contributed by atoms with Gasteiger partial charge in [0, 0.05) is 6.04 Å².